The van der Waals surface area contributed by atoms with Crippen molar-refractivity contribution in [2.75, 3.05) is 23.6 Å². The zero-order valence-electron chi connectivity index (χ0n) is 11.2. The molecular weight excluding hydrogens is 330 g/mol. The molecule has 0 radical (unpaired) electrons. The van der Waals surface area contributed by atoms with E-state index >= 15 is 0 Å². The molecule has 7 heteroatoms. The minimum absolute atomic E-state index is 0.0981. The van der Waals surface area contributed by atoms with E-state index in [9.17, 15) is 8.42 Å². The van der Waals surface area contributed by atoms with Crippen LogP contribution in [0, 0.1) is 6.92 Å². The number of hydrogen-bond acceptors (Lipinski definition) is 4. The largest absolute Gasteiger partial charge is 0.317 e. The highest BCUT2D eigenvalue weighted by atomic mass is 79.9. The van der Waals surface area contributed by atoms with Gasteiger partial charge in [-0.1, -0.05) is 6.92 Å². The van der Waals surface area contributed by atoms with E-state index < -0.39 is 10.0 Å². The average molecular weight is 350 g/mol. The molecule has 0 unspecified atom stereocenters. The van der Waals surface area contributed by atoms with E-state index in [0.717, 1.165) is 23.0 Å². The Morgan fingerprint density at radius 3 is 2.74 bits per heavy atom. The molecule has 0 aliphatic heterocycles. The Bertz CT molecular complexity index is 506. The second-order valence-electron chi connectivity index (χ2n) is 4.34. The number of anilines is 1. The van der Waals surface area contributed by atoms with Crippen molar-refractivity contribution in [3.05, 3.63) is 22.3 Å². The third kappa shape index (κ3) is 6.35. The molecule has 1 rings (SSSR count). The Labute approximate surface area is 123 Å². The molecule has 0 amide bonds. The fraction of sp³-hybridized carbons (Fsp3) is 0.583. The van der Waals surface area contributed by atoms with Crippen LogP contribution in [-0.2, 0) is 10.0 Å². The summed E-state index contributed by atoms with van der Waals surface area (Å²) in [5, 5.41) is 3.18. The molecule has 5 nitrogen and oxygen atoms in total. The van der Waals surface area contributed by atoms with Gasteiger partial charge in [0.2, 0.25) is 10.0 Å². The molecule has 19 heavy (non-hydrogen) atoms. The summed E-state index contributed by atoms with van der Waals surface area (Å²) in [6.07, 6.45) is 3.21. The Kier molecular flexibility index (Phi) is 6.74. The summed E-state index contributed by atoms with van der Waals surface area (Å²) < 4.78 is 27.1. The van der Waals surface area contributed by atoms with Crippen LogP contribution in [0.25, 0.3) is 0 Å². The van der Waals surface area contributed by atoms with Crippen LogP contribution in [0.4, 0.5) is 5.82 Å². The fourth-order valence-electron chi connectivity index (χ4n) is 1.53. The number of aromatic nitrogens is 1. The fourth-order valence-corrected chi connectivity index (χ4v) is 3.12. The third-order valence-electron chi connectivity index (χ3n) is 2.49. The molecule has 1 aromatic rings. The lowest BCUT2D eigenvalue weighted by Gasteiger charge is -2.10. The SMILES string of the molecule is CCCNCCCS(=O)(=O)Nc1ncc(Br)cc1C. The number of aryl methyl sites for hydroxylation is 1. The summed E-state index contributed by atoms with van der Waals surface area (Å²) in [5.41, 5.74) is 0.794. The molecule has 0 atom stereocenters. The van der Waals surface area contributed by atoms with Crippen LogP contribution in [0.3, 0.4) is 0 Å². The number of hydrogen-bond donors (Lipinski definition) is 2. The highest BCUT2D eigenvalue weighted by Crippen LogP contribution is 2.17. The molecule has 0 aliphatic carbocycles. The molecule has 2 N–H and O–H groups in total. The molecule has 0 saturated carbocycles. The first-order chi connectivity index (χ1) is 8.94. The Morgan fingerprint density at radius 1 is 1.37 bits per heavy atom. The summed E-state index contributed by atoms with van der Waals surface area (Å²) in [4.78, 5) is 4.07. The van der Waals surface area contributed by atoms with Crippen LogP contribution in [0.5, 0.6) is 0 Å². The number of sulfonamides is 1. The van der Waals surface area contributed by atoms with Crippen molar-refractivity contribution in [2.24, 2.45) is 0 Å². The number of halogens is 1. The summed E-state index contributed by atoms with van der Waals surface area (Å²) in [6.45, 7) is 5.52. The van der Waals surface area contributed by atoms with E-state index in [2.05, 4.69) is 37.9 Å². The Balaban J connectivity index is 2.50. The van der Waals surface area contributed by atoms with Crippen LogP contribution >= 0.6 is 15.9 Å². The van der Waals surface area contributed by atoms with Gasteiger partial charge in [0.1, 0.15) is 5.82 Å². The van der Waals surface area contributed by atoms with Gasteiger partial charge in [0.15, 0.2) is 0 Å². The maximum Gasteiger partial charge on any atom is 0.233 e. The Morgan fingerprint density at radius 2 is 2.11 bits per heavy atom. The van der Waals surface area contributed by atoms with Crippen LogP contribution in [-0.4, -0.2) is 32.2 Å². The molecule has 1 aromatic heterocycles. The standard InChI is InChI=1S/C12H20BrN3O2S/c1-3-5-14-6-4-7-19(17,18)16-12-10(2)8-11(13)9-15-12/h8-9,14H,3-7H2,1-2H3,(H,15,16). The van der Waals surface area contributed by atoms with E-state index in [1.165, 1.54) is 0 Å². The molecule has 0 aromatic carbocycles. The van der Waals surface area contributed by atoms with E-state index in [-0.39, 0.29) is 5.75 Å². The predicted molar refractivity (Wildman–Crippen MR) is 81.9 cm³/mol. The van der Waals surface area contributed by atoms with Gasteiger partial charge in [-0.15, -0.1) is 0 Å². The van der Waals surface area contributed by atoms with Crippen molar-refractivity contribution < 1.29 is 8.42 Å². The molecule has 0 aliphatic rings. The summed E-state index contributed by atoms with van der Waals surface area (Å²) >= 11 is 3.29. The van der Waals surface area contributed by atoms with Gasteiger partial charge in [0.25, 0.3) is 0 Å². The van der Waals surface area contributed by atoms with Crippen LogP contribution in [0.1, 0.15) is 25.3 Å². The van der Waals surface area contributed by atoms with Crippen LogP contribution in [0.15, 0.2) is 16.7 Å². The van der Waals surface area contributed by atoms with Gasteiger partial charge in [0.05, 0.1) is 5.75 Å². The minimum Gasteiger partial charge on any atom is -0.317 e. The minimum atomic E-state index is -3.32. The topological polar surface area (TPSA) is 71.1 Å². The van der Waals surface area contributed by atoms with Crippen LogP contribution < -0.4 is 10.0 Å². The summed E-state index contributed by atoms with van der Waals surface area (Å²) in [6, 6.07) is 1.83. The zero-order chi connectivity index (χ0) is 14.3. The summed E-state index contributed by atoms with van der Waals surface area (Å²) in [5.74, 6) is 0.491. The molecule has 1 heterocycles. The maximum absolute atomic E-state index is 11.9. The third-order valence-corrected chi connectivity index (χ3v) is 4.25. The van der Waals surface area contributed by atoms with Gasteiger partial charge in [-0.25, -0.2) is 13.4 Å². The summed E-state index contributed by atoms with van der Waals surface area (Å²) in [7, 11) is -3.32. The highest BCUT2D eigenvalue weighted by Gasteiger charge is 2.12. The van der Waals surface area contributed by atoms with Gasteiger partial charge >= 0.3 is 0 Å². The van der Waals surface area contributed by atoms with Crippen molar-refractivity contribution in [3.63, 3.8) is 0 Å². The molecule has 0 bridgehead atoms. The lowest BCUT2D eigenvalue weighted by Crippen LogP contribution is -2.23. The van der Waals surface area contributed by atoms with Crippen molar-refractivity contribution in [2.45, 2.75) is 26.7 Å². The quantitative estimate of drug-likeness (QED) is 0.706. The number of rotatable bonds is 8. The zero-order valence-corrected chi connectivity index (χ0v) is 13.6. The second kappa shape index (κ2) is 7.81. The molecule has 0 saturated heterocycles. The second-order valence-corrected chi connectivity index (χ2v) is 7.10. The maximum atomic E-state index is 11.9. The van der Waals surface area contributed by atoms with E-state index in [4.69, 9.17) is 0 Å². The predicted octanol–water partition coefficient (Wildman–Crippen LogP) is 2.28. The highest BCUT2D eigenvalue weighted by molar-refractivity contribution is 9.10. The van der Waals surface area contributed by atoms with Gasteiger partial charge < -0.3 is 5.32 Å². The first-order valence-corrected chi connectivity index (χ1v) is 8.72. The van der Waals surface area contributed by atoms with E-state index in [1.54, 1.807) is 6.20 Å². The lowest BCUT2D eigenvalue weighted by molar-refractivity contribution is 0.593. The number of pyridine rings is 1. The Hall–Kier alpha value is -0.660. The molecular formula is C12H20BrN3O2S. The molecule has 0 spiro atoms. The van der Waals surface area contributed by atoms with E-state index in [1.807, 2.05) is 13.0 Å². The van der Waals surface area contributed by atoms with Gasteiger partial charge in [0, 0.05) is 10.7 Å². The monoisotopic (exact) mass is 349 g/mol. The first kappa shape index (κ1) is 16.4. The average Bonchev–Trinajstić information content (AvgIpc) is 2.32. The van der Waals surface area contributed by atoms with Gasteiger partial charge in [-0.05, 0) is 60.4 Å². The van der Waals surface area contributed by atoms with Crippen LogP contribution in [0.2, 0.25) is 0 Å². The van der Waals surface area contributed by atoms with Crippen molar-refractivity contribution in [1.82, 2.24) is 10.3 Å². The van der Waals surface area contributed by atoms with Crippen molar-refractivity contribution in [3.8, 4) is 0 Å². The molecule has 108 valence electrons. The number of nitrogens with one attached hydrogen (secondary N) is 2. The number of nitrogens with zero attached hydrogens (tertiary/aromatic N) is 1. The van der Waals surface area contributed by atoms with Gasteiger partial charge in [-0.3, -0.25) is 4.72 Å². The smallest absolute Gasteiger partial charge is 0.233 e. The van der Waals surface area contributed by atoms with Gasteiger partial charge in [-0.2, -0.15) is 0 Å². The van der Waals surface area contributed by atoms with Crippen molar-refractivity contribution >= 4 is 31.8 Å². The van der Waals surface area contributed by atoms with E-state index in [0.29, 0.717) is 18.8 Å². The first-order valence-electron chi connectivity index (χ1n) is 6.28. The van der Waals surface area contributed by atoms with Crippen molar-refractivity contribution in [1.29, 1.82) is 0 Å². The normalized spacial score (nSPS) is 11.5. The lowest BCUT2D eigenvalue weighted by atomic mass is 10.3. The molecule has 0 fully saturated rings.